The summed E-state index contributed by atoms with van der Waals surface area (Å²) in [6.45, 7) is 3.50. The lowest BCUT2D eigenvalue weighted by atomic mass is 10.1. The number of ether oxygens (including phenoxy) is 2. The molecule has 0 aromatic rings. The third-order valence-corrected chi connectivity index (χ3v) is 2.14. The van der Waals surface area contributed by atoms with Gasteiger partial charge in [0, 0.05) is 19.2 Å². The SMILES string of the molecule is C1CO[C@H]2COCC[C@@H]2N1. The van der Waals surface area contributed by atoms with E-state index >= 15 is 0 Å². The van der Waals surface area contributed by atoms with Gasteiger partial charge in [0.05, 0.1) is 19.3 Å². The van der Waals surface area contributed by atoms with Crippen molar-refractivity contribution in [2.45, 2.75) is 18.6 Å². The van der Waals surface area contributed by atoms with E-state index in [9.17, 15) is 0 Å². The highest BCUT2D eigenvalue weighted by Gasteiger charge is 2.28. The van der Waals surface area contributed by atoms with Crippen molar-refractivity contribution in [3.63, 3.8) is 0 Å². The van der Waals surface area contributed by atoms with Crippen molar-refractivity contribution >= 4 is 0 Å². The van der Waals surface area contributed by atoms with Gasteiger partial charge < -0.3 is 14.8 Å². The largest absolute Gasteiger partial charge is 0.379 e. The Hall–Kier alpha value is -0.120. The second-order valence-corrected chi connectivity index (χ2v) is 2.83. The maximum Gasteiger partial charge on any atom is 0.0962 e. The Labute approximate surface area is 60.7 Å². The predicted octanol–water partition coefficient (Wildman–Crippen LogP) is -0.236. The minimum atomic E-state index is 0.322. The highest BCUT2D eigenvalue weighted by molar-refractivity contribution is 4.83. The van der Waals surface area contributed by atoms with Crippen LogP contribution in [0.1, 0.15) is 6.42 Å². The van der Waals surface area contributed by atoms with Crippen molar-refractivity contribution in [2.75, 3.05) is 26.4 Å². The first-order chi connectivity index (χ1) is 4.97. The summed E-state index contributed by atoms with van der Waals surface area (Å²) in [4.78, 5) is 0. The van der Waals surface area contributed by atoms with Crippen LogP contribution in [0.25, 0.3) is 0 Å². The third-order valence-electron chi connectivity index (χ3n) is 2.14. The highest BCUT2D eigenvalue weighted by Crippen LogP contribution is 2.13. The molecule has 3 nitrogen and oxygen atoms in total. The molecule has 0 unspecified atom stereocenters. The molecule has 0 saturated carbocycles. The molecule has 2 fully saturated rings. The first-order valence-electron chi connectivity index (χ1n) is 3.89. The molecule has 58 valence electrons. The zero-order valence-corrected chi connectivity index (χ0v) is 6.01. The number of nitrogens with one attached hydrogen (secondary N) is 1. The van der Waals surface area contributed by atoms with Gasteiger partial charge in [-0.1, -0.05) is 0 Å². The Morgan fingerprint density at radius 3 is 3.20 bits per heavy atom. The van der Waals surface area contributed by atoms with Crippen LogP contribution < -0.4 is 5.32 Å². The topological polar surface area (TPSA) is 30.5 Å². The maximum atomic E-state index is 5.49. The van der Waals surface area contributed by atoms with Crippen molar-refractivity contribution in [1.82, 2.24) is 5.32 Å². The third kappa shape index (κ3) is 1.17. The quantitative estimate of drug-likeness (QED) is 0.508. The van der Waals surface area contributed by atoms with Crippen molar-refractivity contribution in [1.29, 1.82) is 0 Å². The summed E-state index contributed by atoms with van der Waals surface area (Å²) in [6, 6.07) is 0.558. The van der Waals surface area contributed by atoms with Crippen LogP contribution in [0.2, 0.25) is 0 Å². The van der Waals surface area contributed by atoms with Crippen LogP contribution in [0.3, 0.4) is 0 Å². The minimum Gasteiger partial charge on any atom is -0.379 e. The van der Waals surface area contributed by atoms with Crippen molar-refractivity contribution < 1.29 is 9.47 Å². The van der Waals surface area contributed by atoms with Crippen LogP contribution in [0.5, 0.6) is 0 Å². The van der Waals surface area contributed by atoms with E-state index in [0.717, 1.165) is 32.8 Å². The zero-order valence-electron chi connectivity index (χ0n) is 6.01. The molecule has 2 rings (SSSR count). The number of morpholine rings is 1. The van der Waals surface area contributed by atoms with Gasteiger partial charge in [-0.3, -0.25) is 0 Å². The van der Waals surface area contributed by atoms with E-state index in [1.165, 1.54) is 0 Å². The molecule has 2 aliphatic heterocycles. The van der Waals surface area contributed by atoms with E-state index in [1.807, 2.05) is 0 Å². The van der Waals surface area contributed by atoms with Gasteiger partial charge in [-0.2, -0.15) is 0 Å². The van der Waals surface area contributed by atoms with Crippen LogP contribution in [0.4, 0.5) is 0 Å². The van der Waals surface area contributed by atoms with Crippen molar-refractivity contribution in [3.05, 3.63) is 0 Å². The molecule has 0 aliphatic carbocycles. The van der Waals surface area contributed by atoms with Gasteiger partial charge in [-0.05, 0) is 6.42 Å². The number of hydrogen-bond donors (Lipinski definition) is 1. The Balaban J connectivity index is 1.93. The molecule has 2 atom stereocenters. The van der Waals surface area contributed by atoms with Gasteiger partial charge in [0.2, 0.25) is 0 Å². The van der Waals surface area contributed by atoms with Gasteiger partial charge in [0.1, 0.15) is 0 Å². The molecule has 2 saturated heterocycles. The molecule has 1 N–H and O–H groups in total. The average Bonchev–Trinajstić information content (AvgIpc) is 2.05. The molecule has 3 heteroatoms. The summed E-state index contributed by atoms with van der Waals surface area (Å²) >= 11 is 0. The number of fused-ring (bicyclic) bond motifs is 1. The van der Waals surface area contributed by atoms with E-state index in [-0.39, 0.29) is 0 Å². The van der Waals surface area contributed by atoms with Gasteiger partial charge >= 0.3 is 0 Å². The molecule has 0 aromatic carbocycles. The summed E-state index contributed by atoms with van der Waals surface area (Å²) in [5, 5.41) is 3.42. The lowest BCUT2D eigenvalue weighted by molar-refractivity contribution is -0.0884. The average molecular weight is 143 g/mol. The molecule has 0 aromatic heterocycles. The van der Waals surface area contributed by atoms with Crippen molar-refractivity contribution in [3.8, 4) is 0 Å². The molecule has 0 spiro atoms. The number of rotatable bonds is 0. The Morgan fingerprint density at radius 2 is 2.30 bits per heavy atom. The van der Waals surface area contributed by atoms with Crippen LogP contribution in [-0.4, -0.2) is 38.5 Å². The molecule has 0 amide bonds. The molecular weight excluding hydrogens is 130 g/mol. The smallest absolute Gasteiger partial charge is 0.0962 e. The predicted molar refractivity (Wildman–Crippen MR) is 37.0 cm³/mol. The van der Waals surface area contributed by atoms with Gasteiger partial charge in [-0.15, -0.1) is 0 Å². The second-order valence-electron chi connectivity index (χ2n) is 2.83. The molecule has 2 heterocycles. The number of hydrogen-bond acceptors (Lipinski definition) is 3. The summed E-state index contributed by atoms with van der Waals surface area (Å²) in [5.41, 5.74) is 0. The van der Waals surface area contributed by atoms with Gasteiger partial charge in [0.15, 0.2) is 0 Å². The van der Waals surface area contributed by atoms with Crippen molar-refractivity contribution in [2.24, 2.45) is 0 Å². The fourth-order valence-corrected chi connectivity index (χ4v) is 1.56. The van der Waals surface area contributed by atoms with Crippen LogP contribution in [-0.2, 0) is 9.47 Å². The molecule has 2 aliphatic rings. The lowest BCUT2D eigenvalue weighted by Gasteiger charge is -2.35. The Bertz CT molecular complexity index is 92.2. The molecule has 0 radical (unpaired) electrons. The molecular formula is C7H13NO2. The standard InChI is InChI=1S/C7H13NO2/c1-3-9-5-7-6(1)8-2-4-10-7/h6-8H,1-5H2/t6-,7-/m0/s1. The highest BCUT2D eigenvalue weighted by atomic mass is 16.5. The fourth-order valence-electron chi connectivity index (χ4n) is 1.56. The first kappa shape index (κ1) is 6.58. The summed E-state index contributed by atoms with van der Waals surface area (Å²) < 4.78 is 10.8. The van der Waals surface area contributed by atoms with E-state index in [1.54, 1.807) is 0 Å². The van der Waals surface area contributed by atoms with Gasteiger partial charge in [-0.25, -0.2) is 0 Å². The zero-order chi connectivity index (χ0) is 6.81. The maximum absolute atomic E-state index is 5.49. The first-order valence-corrected chi connectivity index (χ1v) is 3.89. The molecule has 0 bridgehead atoms. The minimum absolute atomic E-state index is 0.322. The fraction of sp³-hybridized carbons (Fsp3) is 1.00. The van der Waals surface area contributed by atoms with Crippen LogP contribution in [0.15, 0.2) is 0 Å². The Morgan fingerprint density at radius 1 is 1.30 bits per heavy atom. The summed E-state index contributed by atoms with van der Waals surface area (Å²) in [7, 11) is 0. The summed E-state index contributed by atoms with van der Waals surface area (Å²) in [6.07, 6.45) is 1.42. The van der Waals surface area contributed by atoms with Crippen LogP contribution in [0, 0.1) is 0 Å². The molecule has 10 heavy (non-hydrogen) atoms. The second kappa shape index (κ2) is 2.86. The summed E-state index contributed by atoms with van der Waals surface area (Å²) in [5.74, 6) is 0. The monoisotopic (exact) mass is 143 g/mol. The van der Waals surface area contributed by atoms with E-state index < -0.39 is 0 Å². The normalized spacial score (nSPS) is 40.8. The van der Waals surface area contributed by atoms with E-state index in [4.69, 9.17) is 9.47 Å². The Kier molecular flexibility index (Phi) is 1.88. The lowest BCUT2D eigenvalue weighted by Crippen LogP contribution is -2.53. The van der Waals surface area contributed by atoms with Gasteiger partial charge in [0.25, 0.3) is 0 Å². The van der Waals surface area contributed by atoms with Crippen LogP contribution >= 0.6 is 0 Å². The van der Waals surface area contributed by atoms with E-state index in [0.29, 0.717) is 12.1 Å². The van der Waals surface area contributed by atoms with E-state index in [2.05, 4.69) is 5.32 Å².